The van der Waals surface area contributed by atoms with E-state index >= 15 is 0 Å². The van der Waals surface area contributed by atoms with Gasteiger partial charge < -0.3 is 5.32 Å². The SMILES string of the molecule is CN(C(=O)NC(C)(C)C)c1ccc(S(N)(=O)=O)cc1. The number of sulfonamides is 1. The van der Waals surface area contributed by atoms with Crippen LogP contribution in [0.15, 0.2) is 29.2 Å². The van der Waals surface area contributed by atoms with Gasteiger partial charge in [-0.25, -0.2) is 18.4 Å². The van der Waals surface area contributed by atoms with Gasteiger partial charge in [0.15, 0.2) is 0 Å². The second kappa shape index (κ2) is 5.18. The van der Waals surface area contributed by atoms with Crippen LogP contribution in [-0.4, -0.2) is 27.0 Å². The predicted octanol–water partition coefficient (Wildman–Crippen LogP) is 1.28. The molecule has 1 aromatic carbocycles. The van der Waals surface area contributed by atoms with E-state index in [4.69, 9.17) is 5.14 Å². The number of urea groups is 1. The third-order valence-corrected chi connectivity index (χ3v) is 3.27. The van der Waals surface area contributed by atoms with Crippen molar-refractivity contribution in [1.82, 2.24) is 5.32 Å². The molecule has 0 bridgehead atoms. The number of carbonyl (C=O) groups excluding carboxylic acids is 1. The number of hydrogen-bond acceptors (Lipinski definition) is 3. The predicted molar refractivity (Wildman–Crippen MR) is 74.5 cm³/mol. The monoisotopic (exact) mass is 285 g/mol. The van der Waals surface area contributed by atoms with Crippen molar-refractivity contribution >= 4 is 21.7 Å². The molecule has 19 heavy (non-hydrogen) atoms. The first kappa shape index (κ1) is 15.5. The van der Waals surface area contributed by atoms with E-state index in [1.807, 2.05) is 20.8 Å². The molecule has 0 spiro atoms. The van der Waals surface area contributed by atoms with Gasteiger partial charge in [-0.15, -0.1) is 0 Å². The maximum absolute atomic E-state index is 11.9. The van der Waals surface area contributed by atoms with Crippen LogP contribution < -0.4 is 15.4 Å². The van der Waals surface area contributed by atoms with Gasteiger partial charge in [-0.2, -0.15) is 0 Å². The average Bonchev–Trinajstić information content (AvgIpc) is 2.24. The summed E-state index contributed by atoms with van der Waals surface area (Å²) in [5.41, 5.74) is 0.237. The van der Waals surface area contributed by atoms with Gasteiger partial charge >= 0.3 is 6.03 Å². The number of carbonyl (C=O) groups is 1. The van der Waals surface area contributed by atoms with Crippen molar-refractivity contribution in [3.63, 3.8) is 0 Å². The second-order valence-electron chi connectivity index (χ2n) is 5.28. The fourth-order valence-corrected chi connectivity index (χ4v) is 1.90. The molecule has 0 saturated heterocycles. The summed E-state index contributed by atoms with van der Waals surface area (Å²) in [4.78, 5) is 13.3. The minimum Gasteiger partial charge on any atom is -0.333 e. The zero-order valence-electron chi connectivity index (χ0n) is 11.5. The molecule has 0 radical (unpaired) electrons. The van der Waals surface area contributed by atoms with Crippen LogP contribution in [0.3, 0.4) is 0 Å². The normalized spacial score (nSPS) is 12.1. The number of rotatable bonds is 2. The van der Waals surface area contributed by atoms with Gasteiger partial charge in [0.1, 0.15) is 0 Å². The summed E-state index contributed by atoms with van der Waals surface area (Å²) in [7, 11) is -2.11. The Morgan fingerprint density at radius 3 is 2.05 bits per heavy atom. The van der Waals surface area contributed by atoms with E-state index in [9.17, 15) is 13.2 Å². The highest BCUT2D eigenvalue weighted by Gasteiger charge is 2.18. The molecule has 7 heteroatoms. The van der Waals surface area contributed by atoms with Gasteiger partial charge in [0.25, 0.3) is 0 Å². The summed E-state index contributed by atoms with van der Waals surface area (Å²) < 4.78 is 22.2. The Morgan fingerprint density at radius 1 is 1.21 bits per heavy atom. The van der Waals surface area contributed by atoms with Gasteiger partial charge in [-0.1, -0.05) is 0 Å². The number of nitrogens with one attached hydrogen (secondary N) is 1. The highest BCUT2D eigenvalue weighted by atomic mass is 32.2. The Labute approximate surface area is 113 Å². The third-order valence-electron chi connectivity index (χ3n) is 2.34. The molecule has 6 nitrogen and oxygen atoms in total. The number of anilines is 1. The second-order valence-corrected chi connectivity index (χ2v) is 6.84. The molecule has 0 aliphatic heterocycles. The van der Waals surface area contributed by atoms with Gasteiger partial charge in [-0.3, -0.25) is 4.90 Å². The molecular weight excluding hydrogens is 266 g/mol. The van der Waals surface area contributed by atoms with Crippen LogP contribution >= 0.6 is 0 Å². The lowest BCUT2D eigenvalue weighted by Gasteiger charge is -2.25. The van der Waals surface area contributed by atoms with E-state index in [0.29, 0.717) is 5.69 Å². The minimum absolute atomic E-state index is 0.0147. The first-order valence-electron chi connectivity index (χ1n) is 5.69. The highest BCUT2D eigenvalue weighted by Crippen LogP contribution is 2.16. The molecule has 0 aliphatic rings. The molecule has 0 aromatic heterocycles. The van der Waals surface area contributed by atoms with Crippen molar-refractivity contribution in [1.29, 1.82) is 0 Å². The maximum Gasteiger partial charge on any atom is 0.322 e. The van der Waals surface area contributed by atoms with Crippen LogP contribution in [-0.2, 0) is 10.0 Å². The Balaban J connectivity index is 2.90. The summed E-state index contributed by atoms with van der Waals surface area (Å²) in [6, 6.07) is 5.52. The molecule has 2 amide bonds. The van der Waals surface area contributed by atoms with Crippen LogP contribution in [0.1, 0.15) is 20.8 Å². The summed E-state index contributed by atoms with van der Waals surface area (Å²) in [5, 5.41) is 7.81. The summed E-state index contributed by atoms with van der Waals surface area (Å²) in [6.45, 7) is 5.63. The molecule has 106 valence electrons. The van der Waals surface area contributed by atoms with Crippen LogP contribution in [0.4, 0.5) is 10.5 Å². The molecule has 1 rings (SSSR count). The van der Waals surface area contributed by atoms with Gasteiger partial charge in [0, 0.05) is 18.3 Å². The Morgan fingerprint density at radius 2 is 1.68 bits per heavy atom. The quantitative estimate of drug-likeness (QED) is 0.857. The lowest BCUT2D eigenvalue weighted by molar-refractivity contribution is 0.239. The fourth-order valence-electron chi connectivity index (χ4n) is 1.38. The zero-order valence-corrected chi connectivity index (χ0v) is 12.3. The maximum atomic E-state index is 11.9. The summed E-state index contributed by atoms with van der Waals surface area (Å²) in [5.74, 6) is 0. The molecule has 0 fully saturated rings. The van der Waals surface area contributed by atoms with E-state index in [-0.39, 0.29) is 16.5 Å². The first-order chi connectivity index (χ1) is 8.50. The van der Waals surface area contributed by atoms with Crippen molar-refractivity contribution in [2.75, 3.05) is 11.9 Å². The van der Waals surface area contributed by atoms with Crippen molar-refractivity contribution in [2.45, 2.75) is 31.2 Å². The van der Waals surface area contributed by atoms with E-state index in [2.05, 4.69) is 5.32 Å². The minimum atomic E-state index is -3.71. The zero-order chi connectivity index (χ0) is 14.8. The van der Waals surface area contributed by atoms with Crippen LogP contribution in [0, 0.1) is 0 Å². The Bertz CT molecular complexity index is 559. The van der Waals surface area contributed by atoms with E-state index in [1.165, 1.54) is 29.2 Å². The molecule has 0 saturated carbocycles. The summed E-state index contributed by atoms with van der Waals surface area (Å²) >= 11 is 0. The number of benzene rings is 1. The summed E-state index contributed by atoms with van der Waals surface area (Å²) in [6.07, 6.45) is 0. The fraction of sp³-hybridized carbons (Fsp3) is 0.417. The van der Waals surface area contributed by atoms with Crippen molar-refractivity contribution < 1.29 is 13.2 Å². The molecule has 0 unspecified atom stereocenters. The lowest BCUT2D eigenvalue weighted by atomic mass is 10.1. The molecular formula is C12H19N3O3S. The molecule has 0 atom stereocenters. The lowest BCUT2D eigenvalue weighted by Crippen LogP contribution is -2.47. The topological polar surface area (TPSA) is 92.5 Å². The van der Waals surface area contributed by atoms with Crippen molar-refractivity contribution in [3.05, 3.63) is 24.3 Å². The van der Waals surface area contributed by atoms with E-state index in [0.717, 1.165) is 0 Å². The van der Waals surface area contributed by atoms with Crippen molar-refractivity contribution in [3.8, 4) is 0 Å². The molecule has 0 aliphatic carbocycles. The Hall–Kier alpha value is -1.60. The van der Waals surface area contributed by atoms with E-state index < -0.39 is 10.0 Å². The van der Waals surface area contributed by atoms with Crippen LogP contribution in [0.25, 0.3) is 0 Å². The smallest absolute Gasteiger partial charge is 0.322 e. The van der Waals surface area contributed by atoms with Gasteiger partial charge in [0.2, 0.25) is 10.0 Å². The number of nitrogens with zero attached hydrogens (tertiary/aromatic N) is 1. The average molecular weight is 285 g/mol. The number of hydrogen-bond donors (Lipinski definition) is 2. The van der Waals surface area contributed by atoms with E-state index in [1.54, 1.807) is 7.05 Å². The first-order valence-corrected chi connectivity index (χ1v) is 7.24. The number of primary sulfonamides is 1. The number of nitrogens with two attached hydrogens (primary N) is 1. The molecule has 1 aromatic rings. The standard InChI is InChI=1S/C12H19N3O3S/c1-12(2,3)14-11(16)15(4)9-5-7-10(8-6-9)19(13,17)18/h5-8H,1-4H3,(H,14,16)(H2,13,17,18). The largest absolute Gasteiger partial charge is 0.333 e. The van der Waals surface area contributed by atoms with Crippen molar-refractivity contribution in [2.24, 2.45) is 5.14 Å². The van der Waals surface area contributed by atoms with Gasteiger partial charge in [0.05, 0.1) is 4.90 Å². The van der Waals surface area contributed by atoms with Crippen LogP contribution in [0.5, 0.6) is 0 Å². The highest BCUT2D eigenvalue weighted by molar-refractivity contribution is 7.89. The van der Waals surface area contributed by atoms with Crippen LogP contribution in [0.2, 0.25) is 0 Å². The third kappa shape index (κ3) is 4.53. The van der Waals surface area contributed by atoms with Gasteiger partial charge in [-0.05, 0) is 45.0 Å². The molecule has 0 heterocycles. The molecule has 3 N–H and O–H groups in total. The number of amides is 2. The Kier molecular flexibility index (Phi) is 4.21.